The first-order chi connectivity index (χ1) is 9.15. The van der Waals surface area contributed by atoms with Crippen LogP contribution in [0.3, 0.4) is 0 Å². The standard InChI is InChI=1S/C12H14N2O6/c1-12(2,3)9-7(6-15)5-8(13(16)17)11(20-4)10(9)14(18)19/h5-6H,1-4H3. The molecular weight excluding hydrogens is 268 g/mol. The van der Waals surface area contributed by atoms with Crippen LogP contribution < -0.4 is 4.74 Å². The first-order valence-corrected chi connectivity index (χ1v) is 5.64. The van der Waals surface area contributed by atoms with Crippen LogP contribution >= 0.6 is 0 Å². The van der Waals surface area contributed by atoms with E-state index in [0.29, 0.717) is 6.29 Å². The molecule has 0 heterocycles. The molecule has 0 aliphatic carbocycles. The van der Waals surface area contributed by atoms with Gasteiger partial charge in [0.05, 0.1) is 22.5 Å². The van der Waals surface area contributed by atoms with Crippen LogP contribution in [0.25, 0.3) is 0 Å². The van der Waals surface area contributed by atoms with Crippen LogP contribution in [0.5, 0.6) is 5.75 Å². The first kappa shape index (κ1) is 15.5. The van der Waals surface area contributed by atoms with Crippen molar-refractivity contribution in [3.63, 3.8) is 0 Å². The normalized spacial score (nSPS) is 11.0. The quantitative estimate of drug-likeness (QED) is 0.476. The van der Waals surface area contributed by atoms with Crippen LogP contribution in [0.15, 0.2) is 6.07 Å². The average molecular weight is 282 g/mol. The van der Waals surface area contributed by atoms with Crippen LogP contribution in [-0.4, -0.2) is 23.2 Å². The molecule has 0 unspecified atom stereocenters. The van der Waals surface area contributed by atoms with E-state index in [2.05, 4.69) is 0 Å². The van der Waals surface area contributed by atoms with Crippen molar-refractivity contribution in [1.29, 1.82) is 0 Å². The van der Waals surface area contributed by atoms with Gasteiger partial charge in [-0.3, -0.25) is 25.0 Å². The third-order valence-corrected chi connectivity index (χ3v) is 2.73. The lowest BCUT2D eigenvalue weighted by Crippen LogP contribution is -2.18. The predicted octanol–water partition coefficient (Wildman–Crippen LogP) is 2.62. The lowest BCUT2D eigenvalue weighted by atomic mass is 9.82. The van der Waals surface area contributed by atoms with Gasteiger partial charge in [0.2, 0.25) is 0 Å². The van der Waals surface area contributed by atoms with Gasteiger partial charge in [-0.05, 0) is 5.41 Å². The Morgan fingerprint density at radius 1 is 1.20 bits per heavy atom. The Balaban J connectivity index is 3.98. The molecule has 1 rings (SSSR count). The average Bonchev–Trinajstić information content (AvgIpc) is 2.34. The summed E-state index contributed by atoms with van der Waals surface area (Å²) in [7, 11) is 1.11. The van der Waals surface area contributed by atoms with E-state index in [-0.39, 0.29) is 11.1 Å². The van der Waals surface area contributed by atoms with E-state index >= 15 is 0 Å². The number of nitrogens with zero attached hydrogens (tertiary/aromatic N) is 2. The number of carbonyl (C=O) groups is 1. The van der Waals surface area contributed by atoms with Crippen molar-refractivity contribution in [2.75, 3.05) is 7.11 Å². The highest BCUT2D eigenvalue weighted by atomic mass is 16.6. The highest BCUT2D eigenvalue weighted by molar-refractivity contribution is 5.85. The SMILES string of the molecule is COc1c([N+](=O)[O-])cc(C=O)c(C(C)(C)C)c1[N+](=O)[O-]. The Labute approximate surface area is 114 Å². The number of rotatable bonds is 4. The van der Waals surface area contributed by atoms with Crippen molar-refractivity contribution in [2.45, 2.75) is 26.2 Å². The Bertz CT molecular complexity index is 589. The fourth-order valence-corrected chi connectivity index (χ4v) is 2.05. The summed E-state index contributed by atoms with van der Waals surface area (Å²) in [4.78, 5) is 31.8. The van der Waals surface area contributed by atoms with Crippen molar-refractivity contribution in [3.05, 3.63) is 37.4 Å². The van der Waals surface area contributed by atoms with Crippen molar-refractivity contribution in [1.82, 2.24) is 0 Å². The van der Waals surface area contributed by atoms with E-state index in [9.17, 15) is 25.0 Å². The minimum atomic E-state index is -0.814. The fraction of sp³-hybridized carbons (Fsp3) is 0.417. The molecule has 1 aromatic rings. The fourth-order valence-electron chi connectivity index (χ4n) is 2.05. The van der Waals surface area contributed by atoms with E-state index in [1.807, 2.05) is 0 Å². The maximum Gasteiger partial charge on any atom is 0.322 e. The van der Waals surface area contributed by atoms with Crippen LogP contribution in [0.4, 0.5) is 11.4 Å². The van der Waals surface area contributed by atoms with E-state index in [0.717, 1.165) is 13.2 Å². The minimum absolute atomic E-state index is 0.0864. The van der Waals surface area contributed by atoms with E-state index in [1.165, 1.54) is 0 Å². The minimum Gasteiger partial charge on any atom is -0.485 e. The van der Waals surface area contributed by atoms with Crippen molar-refractivity contribution in [3.8, 4) is 5.75 Å². The highest BCUT2D eigenvalue weighted by Crippen LogP contribution is 2.45. The summed E-state index contributed by atoms with van der Waals surface area (Å²) in [6.07, 6.45) is 0.375. The molecule has 0 amide bonds. The number of aldehydes is 1. The monoisotopic (exact) mass is 282 g/mol. The molecule has 8 nitrogen and oxygen atoms in total. The van der Waals surface area contributed by atoms with Crippen LogP contribution in [0.1, 0.15) is 36.7 Å². The van der Waals surface area contributed by atoms with Gasteiger partial charge >= 0.3 is 11.4 Å². The molecule has 20 heavy (non-hydrogen) atoms. The molecule has 0 spiro atoms. The number of hydrogen-bond acceptors (Lipinski definition) is 6. The van der Waals surface area contributed by atoms with Crippen LogP contribution in [0, 0.1) is 20.2 Å². The van der Waals surface area contributed by atoms with Crippen molar-refractivity contribution >= 4 is 17.7 Å². The number of benzene rings is 1. The van der Waals surface area contributed by atoms with E-state index in [4.69, 9.17) is 4.74 Å². The lowest BCUT2D eigenvalue weighted by molar-refractivity contribution is -0.396. The third-order valence-electron chi connectivity index (χ3n) is 2.73. The lowest BCUT2D eigenvalue weighted by Gasteiger charge is -2.21. The summed E-state index contributed by atoms with van der Waals surface area (Å²) < 4.78 is 4.84. The van der Waals surface area contributed by atoms with Crippen molar-refractivity contribution in [2.24, 2.45) is 0 Å². The molecule has 0 aliphatic rings. The Morgan fingerprint density at radius 2 is 1.75 bits per heavy atom. The second kappa shape index (κ2) is 5.24. The van der Waals surface area contributed by atoms with Gasteiger partial charge in [0.25, 0.3) is 5.75 Å². The molecule has 0 radical (unpaired) electrons. The Morgan fingerprint density at radius 3 is 2.05 bits per heavy atom. The van der Waals surface area contributed by atoms with Crippen LogP contribution in [-0.2, 0) is 5.41 Å². The summed E-state index contributed by atoms with van der Waals surface area (Å²) in [5.74, 6) is -0.449. The van der Waals surface area contributed by atoms with Crippen LogP contribution in [0.2, 0.25) is 0 Å². The molecule has 0 bridgehead atoms. The van der Waals surface area contributed by atoms with Gasteiger partial charge in [-0.1, -0.05) is 20.8 Å². The maximum absolute atomic E-state index is 11.3. The van der Waals surface area contributed by atoms with Gasteiger partial charge < -0.3 is 4.74 Å². The van der Waals surface area contributed by atoms with Gasteiger partial charge in [0.1, 0.15) is 0 Å². The van der Waals surface area contributed by atoms with Gasteiger partial charge in [0, 0.05) is 11.6 Å². The summed E-state index contributed by atoms with van der Waals surface area (Å²) in [5.41, 5.74) is -1.87. The van der Waals surface area contributed by atoms with E-state index < -0.39 is 32.4 Å². The number of nitro benzene ring substituents is 2. The molecule has 0 fully saturated rings. The molecule has 0 saturated heterocycles. The number of hydrogen-bond donors (Lipinski definition) is 0. The zero-order chi connectivity index (χ0) is 15.7. The van der Waals surface area contributed by atoms with Gasteiger partial charge in [-0.15, -0.1) is 0 Å². The number of ether oxygens (including phenoxy) is 1. The zero-order valence-electron chi connectivity index (χ0n) is 11.5. The molecule has 108 valence electrons. The van der Waals surface area contributed by atoms with Gasteiger partial charge in [0.15, 0.2) is 6.29 Å². The van der Waals surface area contributed by atoms with Gasteiger partial charge in [-0.25, -0.2) is 0 Å². The molecule has 1 aromatic carbocycles. The summed E-state index contributed by atoms with van der Waals surface area (Å²) in [6, 6.07) is 0.999. The van der Waals surface area contributed by atoms with Crippen molar-refractivity contribution < 1.29 is 19.4 Å². The number of nitro groups is 2. The summed E-state index contributed by atoms with van der Waals surface area (Å²) >= 11 is 0. The molecular formula is C12H14N2O6. The topological polar surface area (TPSA) is 113 Å². The van der Waals surface area contributed by atoms with Gasteiger partial charge in [-0.2, -0.15) is 0 Å². The molecule has 0 atom stereocenters. The zero-order valence-corrected chi connectivity index (χ0v) is 11.5. The largest absolute Gasteiger partial charge is 0.485 e. The Hall–Kier alpha value is -2.51. The molecule has 0 aromatic heterocycles. The first-order valence-electron chi connectivity index (χ1n) is 5.64. The number of methoxy groups -OCH3 is 1. The second-order valence-corrected chi connectivity index (χ2v) is 5.12. The molecule has 0 aliphatic heterocycles. The smallest absolute Gasteiger partial charge is 0.322 e. The Kier molecular flexibility index (Phi) is 4.07. The molecule has 8 heteroatoms. The number of carbonyl (C=O) groups excluding carboxylic acids is 1. The predicted molar refractivity (Wildman–Crippen MR) is 70.4 cm³/mol. The molecule has 0 N–H and O–H groups in total. The second-order valence-electron chi connectivity index (χ2n) is 5.12. The summed E-state index contributed by atoms with van der Waals surface area (Å²) in [6.45, 7) is 5.02. The molecule has 0 saturated carbocycles. The third kappa shape index (κ3) is 2.58. The maximum atomic E-state index is 11.3. The van der Waals surface area contributed by atoms with E-state index in [1.54, 1.807) is 20.8 Å². The highest BCUT2D eigenvalue weighted by Gasteiger charge is 2.37. The summed E-state index contributed by atoms with van der Waals surface area (Å²) in [5, 5.41) is 22.2.